The molecule has 0 saturated carbocycles. The minimum Gasteiger partial charge on any atom is -0.504 e. The van der Waals surface area contributed by atoms with Crippen molar-refractivity contribution in [1.29, 1.82) is 0 Å². The van der Waals surface area contributed by atoms with Gasteiger partial charge in [0.05, 0.1) is 0 Å². The number of aromatic hydroxyl groups is 2. The van der Waals surface area contributed by atoms with Gasteiger partial charge in [0.2, 0.25) is 0 Å². The molecule has 2 nitrogen and oxygen atoms in total. The summed E-state index contributed by atoms with van der Waals surface area (Å²) >= 11 is 0. The summed E-state index contributed by atoms with van der Waals surface area (Å²) in [6.07, 6.45) is 9.64. The third-order valence-electron chi connectivity index (χ3n) is 4.39. The minimum absolute atomic E-state index is 0.104. The van der Waals surface area contributed by atoms with Crippen LogP contribution in [0.25, 0.3) is 0 Å². The number of hydrogen-bond donors (Lipinski definition) is 2. The van der Waals surface area contributed by atoms with Gasteiger partial charge < -0.3 is 10.2 Å². The lowest BCUT2D eigenvalue weighted by atomic mass is 9.87. The normalized spacial score (nSPS) is 11.0. The summed E-state index contributed by atoms with van der Waals surface area (Å²) in [6.45, 7) is 8.50. The molecule has 0 aliphatic heterocycles. The molecule has 1 aromatic carbocycles. The van der Waals surface area contributed by atoms with Gasteiger partial charge in [0.25, 0.3) is 0 Å². The van der Waals surface area contributed by atoms with Crippen LogP contribution in [-0.2, 0) is 19.3 Å². The maximum absolute atomic E-state index is 10.4. The van der Waals surface area contributed by atoms with Crippen molar-refractivity contribution in [3.8, 4) is 11.5 Å². The lowest BCUT2D eigenvalue weighted by molar-refractivity contribution is 0.394. The Hall–Kier alpha value is -1.18. The van der Waals surface area contributed by atoms with Gasteiger partial charge in [-0.1, -0.05) is 40.0 Å². The average Bonchev–Trinajstić information content (AvgIpc) is 2.49. The highest BCUT2D eigenvalue weighted by atomic mass is 16.3. The Morgan fingerprint density at radius 3 is 1.52 bits per heavy atom. The van der Waals surface area contributed by atoms with Crippen molar-refractivity contribution in [3.63, 3.8) is 0 Å². The molecular formula is C19H32O2. The highest BCUT2D eigenvalue weighted by molar-refractivity contribution is 5.58. The van der Waals surface area contributed by atoms with Crippen molar-refractivity contribution in [3.05, 3.63) is 22.3 Å². The van der Waals surface area contributed by atoms with E-state index < -0.39 is 0 Å². The van der Waals surface area contributed by atoms with Crippen LogP contribution < -0.4 is 0 Å². The second-order valence-corrected chi connectivity index (χ2v) is 6.07. The number of unbranched alkanes of at least 4 members (excludes halogenated alkanes) is 3. The molecule has 0 bridgehead atoms. The third-order valence-corrected chi connectivity index (χ3v) is 4.39. The molecule has 0 aromatic heterocycles. The molecule has 1 aromatic rings. The minimum atomic E-state index is 0.104. The van der Waals surface area contributed by atoms with E-state index in [1.807, 2.05) is 6.92 Å². The zero-order valence-corrected chi connectivity index (χ0v) is 14.3. The van der Waals surface area contributed by atoms with Crippen molar-refractivity contribution in [2.75, 3.05) is 0 Å². The molecule has 0 amide bonds. The summed E-state index contributed by atoms with van der Waals surface area (Å²) in [5, 5.41) is 20.7. The second kappa shape index (κ2) is 8.96. The van der Waals surface area contributed by atoms with Gasteiger partial charge in [0.1, 0.15) is 0 Å². The predicted molar refractivity (Wildman–Crippen MR) is 90.3 cm³/mol. The number of benzene rings is 1. The van der Waals surface area contributed by atoms with Crippen LogP contribution in [0.4, 0.5) is 0 Å². The first-order chi connectivity index (χ1) is 10.1. The maximum atomic E-state index is 10.4. The fourth-order valence-electron chi connectivity index (χ4n) is 2.98. The Balaban J connectivity index is 3.32. The summed E-state index contributed by atoms with van der Waals surface area (Å²) in [5.41, 5.74) is 4.48. The van der Waals surface area contributed by atoms with Crippen LogP contribution in [0.2, 0.25) is 0 Å². The molecule has 0 unspecified atom stereocenters. The molecule has 0 aliphatic carbocycles. The SMILES string of the molecule is CCCCc1c(C)c(O)c(O)c(CCCC)c1CCCC. The molecule has 0 saturated heterocycles. The number of phenols is 2. The third kappa shape index (κ3) is 4.39. The Morgan fingerprint density at radius 2 is 1.05 bits per heavy atom. The van der Waals surface area contributed by atoms with Crippen molar-refractivity contribution < 1.29 is 10.2 Å². The molecule has 1 rings (SSSR count). The second-order valence-electron chi connectivity index (χ2n) is 6.07. The quantitative estimate of drug-likeness (QED) is 0.595. The predicted octanol–water partition coefficient (Wildman–Crippen LogP) is 5.43. The van der Waals surface area contributed by atoms with E-state index in [4.69, 9.17) is 0 Å². The lowest BCUT2D eigenvalue weighted by Gasteiger charge is -2.20. The molecule has 0 heterocycles. The Bertz CT molecular complexity index is 414. The zero-order chi connectivity index (χ0) is 15.8. The highest BCUT2D eigenvalue weighted by Gasteiger charge is 2.20. The van der Waals surface area contributed by atoms with E-state index in [0.29, 0.717) is 0 Å². The van der Waals surface area contributed by atoms with E-state index in [2.05, 4.69) is 20.8 Å². The van der Waals surface area contributed by atoms with Crippen LogP contribution in [0, 0.1) is 6.92 Å². The fourth-order valence-corrected chi connectivity index (χ4v) is 2.98. The van der Waals surface area contributed by atoms with Crippen LogP contribution >= 0.6 is 0 Å². The van der Waals surface area contributed by atoms with Gasteiger partial charge in [0, 0.05) is 5.56 Å². The zero-order valence-electron chi connectivity index (χ0n) is 14.3. The van der Waals surface area contributed by atoms with Gasteiger partial charge in [-0.05, 0) is 62.1 Å². The van der Waals surface area contributed by atoms with Gasteiger partial charge in [-0.15, -0.1) is 0 Å². The molecule has 0 atom stereocenters. The summed E-state index contributed by atoms with van der Waals surface area (Å²) in [4.78, 5) is 0. The maximum Gasteiger partial charge on any atom is 0.161 e. The Morgan fingerprint density at radius 1 is 0.619 bits per heavy atom. The van der Waals surface area contributed by atoms with Gasteiger partial charge in [0.15, 0.2) is 11.5 Å². The molecule has 120 valence electrons. The Labute approximate surface area is 130 Å². The van der Waals surface area contributed by atoms with E-state index in [0.717, 1.165) is 68.9 Å². The molecule has 2 N–H and O–H groups in total. The molecule has 0 spiro atoms. The van der Waals surface area contributed by atoms with Crippen molar-refractivity contribution >= 4 is 0 Å². The standard InChI is InChI=1S/C19H32O2/c1-5-8-11-15-14(4)18(20)19(21)17(13-10-7-3)16(15)12-9-6-2/h20-21H,5-13H2,1-4H3. The Kier molecular flexibility index (Phi) is 7.63. The molecular weight excluding hydrogens is 260 g/mol. The number of rotatable bonds is 9. The summed E-state index contributed by atoms with van der Waals surface area (Å²) in [7, 11) is 0. The number of phenolic OH excluding ortho intramolecular Hbond substituents is 2. The smallest absolute Gasteiger partial charge is 0.161 e. The molecule has 0 radical (unpaired) electrons. The van der Waals surface area contributed by atoms with Crippen molar-refractivity contribution in [2.24, 2.45) is 0 Å². The van der Waals surface area contributed by atoms with Crippen molar-refractivity contribution in [2.45, 2.75) is 85.5 Å². The monoisotopic (exact) mass is 292 g/mol. The first-order valence-electron chi connectivity index (χ1n) is 8.63. The van der Waals surface area contributed by atoms with Gasteiger partial charge in [-0.3, -0.25) is 0 Å². The van der Waals surface area contributed by atoms with E-state index in [1.165, 1.54) is 11.1 Å². The van der Waals surface area contributed by atoms with Gasteiger partial charge in [-0.2, -0.15) is 0 Å². The average molecular weight is 292 g/mol. The van der Waals surface area contributed by atoms with Crippen molar-refractivity contribution in [1.82, 2.24) is 0 Å². The first kappa shape index (κ1) is 17.9. The van der Waals surface area contributed by atoms with Crippen LogP contribution in [0.1, 0.15) is 81.5 Å². The van der Waals surface area contributed by atoms with Crippen LogP contribution in [0.15, 0.2) is 0 Å². The molecule has 21 heavy (non-hydrogen) atoms. The molecule has 2 heteroatoms. The summed E-state index contributed by atoms with van der Waals surface area (Å²) < 4.78 is 0. The highest BCUT2D eigenvalue weighted by Crippen LogP contribution is 2.40. The lowest BCUT2D eigenvalue weighted by Crippen LogP contribution is -2.05. The topological polar surface area (TPSA) is 40.5 Å². The van der Waals surface area contributed by atoms with E-state index in [1.54, 1.807) is 0 Å². The van der Waals surface area contributed by atoms with Crippen LogP contribution in [-0.4, -0.2) is 10.2 Å². The van der Waals surface area contributed by atoms with Crippen LogP contribution in [0.5, 0.6) is 11.5 Å². The van der Waals surface area contributed by atoms with Gasteiger partial charge in [-0.25, -0.2) is 0 Å². The van der Waals surface area contributed by atoms with E-state index >= 15 is 0 Å². The fraction of sp³-hybridized carbons (Fsp3) is 0.684. The first-order valence-corrected chi connectivity index (χ1v) is 8.63. The summed E-state index contributed by atoms with van der Waals surface area (Å²) in [5.74, 6) is 0.236. The summed E-state index contributed by atoms with van der Waals surface area (Å²) in [6, 6.07) is 0. The largest absolute Gasteiger partial charge is 0.504 e. The molecule has 0 aliphatic rings. The van der Waals surface area contributed by atoms with E-state index in [9.17, 15) is 10.2 Å². The molecule has 0 fully saturated rings. The van der Waals surface area contributed by atoms with Gasteiger partial charge >= 0.3 is 0 Å². The van der Waals surface area contributed by atoms with Crippen LogP contribution in [0.3, 0.4) is 0 Å². The number of hydrogen-bond acceptors (Lipinski definition) is 2. The van der Waals surface area contributed by atoms with E-state index in [-0.39, 0.29) is 11.5 Å².